The molecule has 25 heavy (non-hydrogen) atoms. The van der Waals surface area contributed by atoms with Crippen molar-refractivity contribution in [2.75, 3.05) is 20.2 Å². The van der Waals surface area contributed by atoms with Crippen molar-refractivity contribution in [3.8, 4) is 0 Å². The van der Waals surface area contributed by atoms with Gasteiger partial charge < -0.3 is 15.4 Å². The molecule has 2 aromatic rings. The van der Waals surface area contributed by atoms with Crippen molar-refractivity contribution in [3.05, 3.63) is 52.0 Å². The Balaban J connectivity index is 1.61. The number of hydrogen-bond donors (Lipinski definition) is 2. The summed E-state index contributed by atoms with van der Waals surface area (Å²) in [5.41, 5.74) is 1.21. The summed E-state index contributed by atoms with van der Waals surface area (Å²) in [6.45, 7) is 6.46. The van der Waals surface area contributed by atoms with Crippen LogP contribution in [0.15, 0.2) is 41.5 Å². The van der Waals surface area contributed by atoms with E-state index < -0.39 is 0 Å². The van der Waals surface area contributed by atoms with Gasteiger partial charge in [0.15, 0.2) is 5.96 Å². The Labute approximate surface area is 154 Å². The molecule has 1 atom stereocenters. The molecule has 0 saturated heterocycles. The van der Waals surface area contributed by atoms with E-state index in [0.717, 1.165) is 30.4 Å². The zero-order valence-electron chi connectivity index (χ0n) is 15.3. The van der Waals surface area contributed by atoms with Gasteiger partial charge in [-0.1, -0.05) is 37.3 Å². The zero-order valence-corrected chi connectivity index (χ0v) is 16.1. The van der Waals surface area contributed by atoms with Crippen LogP contribution in [-0.2, 0) is 17.7 Å². The van der Waals surface area contributed by atoms with Crippen LogP contribution >= 0.6 is 11.3 Å². The number of aliphatic imine (C=N–C) groups is 1. The van der Waals surface area contributed by atoms with Gasteiger partial charge in [0.1, 0.15) is 5.01 Å². The molecule has 0 saturated carbocycles. The smallest absolute Gasteiger partial charge is 0.191 e. The maximum atomic E-state index is 5.88. The van der Waals surface area contributed by atoms with Crippen molar-refractivity contribution in [2.24, 2.45) is 4.99 Å². The van der Waals surface area contributed by atoms with Crippen LogP contribution in [0.1, 0.15) is 41.8 Å². The Hall–Kier alpha value is -1.92. The van der Waals surface area contributed by atoms with E-state index >= 15 is 0 Å². The minimum absolute atomic E-state index is 0.122. The lowest BCUT2D eigenvalue weighted by Crippen LogP contribution is -2.37. The van der Waals surface area contributed by atoms with Gasteiger partial charge in [0.25, 0.3) is 0 Å². The van der Waals surface area contributed by atoms with Crippen LogP contribution in [0.3, 0.4) is 0 Å². The van der Waals surface area contributed by atoms with E-state index in [0.29, 0.717) is 13.2 Å². The Morgan fingerprint density at radius 2 is 2.08 bits per heavy atom. The SMILES string of the molecule is CCc1cnc(CNC(=NC)NCCCOC(C)c2ccccc2)s1. The number of nitrogens with one attached hydrogen (secondary N) is 2. The van der Waals surface area contributed by atoms with E-state index in [4.69, 9.17) is 4.74 Å². The molecule has 0 bridgehead atoms. The maximum Gasteiger partial charge on any atom is 0.191 e. The third-order valence-corrected chi connectivity index (χ3v) is 4.97. The molecule has 5 nitrogen and oxygen atoms in total. The van der Waals surface area contributed by atoms with Crippen LogP contribution in [0, 0.1) is 0 Å². The first kappa shape index (κ1) is 19.4. The third kappa shape index (κ3) is 6.84. The highest BCUT2D eigenvalue weighted by atomic mass is 32.1. The molecular weight excluding hydrogens is 332 g/mol. The van der Waals surface area contributed by atoms with Crippen molar-refractivity contribution < 1.29 is 4.74 Å². The average Bonchev–Trinajstić information content (AvgIpc) is 3.12. The summed E-state index contributed by atoms with van der Waals surface area (Å²) in [6, 6.07) is 10.3. The monoisotopic (exact) mass is 360 g/mol. The highest BCUT2D eigenvalue weighted by Crippen LogP contribution is 2.15. The van der Waals surface area contributed by atoms with Gasteiger partial charge in [0.05, 0.1) is 12.6 Å². The van der Waals surface area contributed by atoms with Crippen molar-refractivity contribution in [2.45, 2.75) is 39.3 Å². The molecule has 1 unspecified atom stereocenters. The molecular formula is C19H28N4OS. The van der Waals surface area contributed by atoms with Gasteiger partial charge in [-0.25, -0.2) is 4.98 Å². The second-order valence-electron chi connectivity index (χ2n) is 5.70. The molecule has 0 amide bonds. The second kappa shape index (κ2) is 10.8. The number of ether oxygens (including phenoxy) is 1. The second-order valence-corrected chi connectivity index (χ2v) is 6.90. The lowest BCUT2D eigenvalue weighted by Gasteiger charge is -2.14. The molecule has 136 valence electrons. The predicted octanol–water partition coefficient (Wildman–Crippen LogP) is 3.54. The summed E-state index contributed by atoms with van der Waals surface area (Å²) in [4.78, 5) is 9.95. The van der Waals surface area contributed by atoms with Gasteiger partial charge in [-0.15, -0.1) is 11.3 Å². The molecule has 1 aromatic carbocycles. The van der Waals surface area contributed by atoms with Gasteiger partial charge in [-0.05, 0) is 25.3 Å². The first-order valence-electron chi connectivity index (χ1n) is 8.77. The number of aromatic nitrogens is 1. The number of guanidine groups is 1. The normalized spacial score (nSPS) is 12.8. The predicted molar refractivity (Wildman–Crippen MR) is 105 cm³/mol. The topological polar surface area (TPSA) is 58.5 Å². The Bertz CT molecular complexity index is 642. The Kier molecular flexibility index (Phi) is 8.42. The molecule has 0 aliphatic rings. The third-order valence-electron chi connectivity index (χ3n) is 3.83. The molecule has 2 rings (SSSR count). The van der Waals surface area contributed by atoms with E-state index in [1.54, 1.807) is 18.4 Å². The van der Waals surface area contributed by atoms with E-state index in [9.17, 15) is 0 Å². The van der Waals surface area contributed by atoms with Crippen LogP contribution < -0.4 is 10.6 Å². The van der Waals surface area contributed by atoms with Gasteiger partial charge in [0.2, 0.25) is 0 Å². The fourth-order valence-electron chi connectivity index (χ4n) is 2.33. The van der Waals surface area contributed by atoms with Crippen molar-refractivity contribution in [1.82, 2.24) is 15.6 Å². The molecule has 0 fully saturated rings. The highest BCUT2D eigenvalue weighted by Gasteiger charge is 2.05. The molecule has 6 heteroatoms. The van der Waals surface area contributed by atoms with Crippen molar-refractivity contribution >= 4 is 17.3 Å². The van der Waals surface area contributed by atoms with Gasteiger partial charge >= 0.3 is 0 Å². The summed E-state index contributed by atoms with van der Waals surface area (Å²) in [5.74, 6) is 0.796. The number of nitrogens with zero attached hydrogens (tertiary/aromatic N) is 2. The molecule has 0 aliphatic carbocycles. The number of aryl methyl sites for hydroxylation is 1. The first-order chi connectivity index (χ1) is 12.2. The average molecular weight is 361 g/mol. The maximum absolute atomic E-state index is 5.88. The summed E-state index contributed by atoms with van der Waals surface area (Å²) in [6.07, 6.45) is 4.03. The standard InChI is InChI=1S/C19H28N4OS/c1-4-17-13-22-18(25-17)14-23-19(20-3)21-11-8-12-24-15(2)16-9-6-5-7-10-16/h5-7,9-10,13,15H,4,8,11-12,14H2,1-3H3,(H2,20,21,23). The molecule has 0 spiro atoms. The van der Waals surface area contributed by atoms with Gasteiger partial charge in [-0.3, -0.25) is 4.99 Å². The number of benzene rings is 1. The van der Waals surface area contributed by atoms with Gasteiger partial charge in [0, 0.05) is 31.3 Å². The minimum atomic E-state index is 0.122. The van der Waals surface area contributed by atoms with Crippen LogP contribution in [0.25, 0.3) is 0 Å². The molecule has 2 N–H and O–H groups in total. The van der Waals surface area contributed by atoms with E-state index in [2.05, 4.69) is 46.6 Å². The summed E-state index contributed by atoms with van der Waals surface area (Å²) < 4.78 is 5.88. The van der Waals surface area contributed by atoms with Gasteiger partial charge in [-0.2, -0.15) is 0 Å². The largest absolute Gasteiger partial charge is 0.374 e. The minimum Gasteiger partial charge on any atom is -0.374 e. The quantitative estimate of drug-likeness (QED) is 0.408. The summed E-state index contributed by atoms with van der Waals surface area (Å²) >= 11 is 1.74. The first-order valence-corrected chi connectivity index (χ1v) is 9.59. The summed E-state index contributed by atoms with van der Waals surface area (Å²) in [7, 11) is 1.78. The number of rotatable bonds is 9. The van der Waals surface area contributed by atoms with Crippen molar-refractivity contribution in [3.63, 3.8) is 0 Å². The molecule has 0 radical (unpaired) electrons. The number of thiazole rings is 1. The molecule has 0 aliphatic heterocycles. The van der Waals surface area contributed by atoms with Crippen LogP contribution in [0.2, 0.25) is 0 Å². The fourth-order valence-corrected chi connectivity index (χ4v) is 3.13. The Morgan fingerprint density at radius 1 is 1.28 bits per heavy atom. The number of hydrogen-bond acceptors (Lipinski definition) is 4. The summed E-state index contributed by atoms with van der Waals surface area (Å²) in [5, 5.41) is 7.69. The van der Waals surface area contributed by atoms with E-state index in [1.807, 2.05) is 24.4 Å². The highest BCUT2D eigenvalue weighted by molar-refractivity contribution is 7.11. The van der Waals surface area contributed by atoms with E-state index in [-0.39, 0.29) is 6.10 Å². The van der Waals surface area contributed by atoms with E-state index in [1.165, 1.54) is 10.4 Å². The van der Waals surface area contributed by atoms with Crippen molar-refractivity contribution in [1.29, 1.82) is 0 Å². The van der Waals surface area contributed by atoms with Crippen LogP contribution in [0.4, 0.5) is 0 Å². The lowest BCUT2D eigenvalue weighted by molar-refractivity contribution is 0.0646. The Morgan fingerprint density at radius 3 is 2.76 bits per heavy atom. The zero-order chi connectivity index (χ0) is 17.9. The fraction of sp³-hybridized carbons (Fsp3) is 0.474. The lowest BCUT2D eigenvalue weighted by atomic mass is 10.1. The molecule has 1 heterocycles. The van der Waals surface area contributed by atoms with Crippen LogP contribution in [-0.4, -0.2) is 31.1 Å². The molecule has 1 aromatic heterocycles. The van der Waals surface area contributed by atoms with Crippen LogP contribution in [0.5, 0.6) is 0 Å².